The zero-order chi connectivity index (χ0) is 28.2. The topological polar surface area (TPSA) is 127 Å². The van der Waals surface area contributed by atoms with Gasteiger partial charge in [-0.05, 0) is 55.5 Å². The number of carboxylic acid groups (broad SMARTS) is 1. The molecule has 0 spiro atoms. The lowest BCUT2D eigenvalue weighted by atomic mass is 9.68. The number of allylic oxidation sites excluding steroid dienone is 3. The van der Waals surface area contributed by atoms with Crippen LogP contribution < -0.4 is 20.1 Å². The fourth-order valence-corrected chi connectivity index (χ4v) is 4.84. The molecule has 9 nitrogen and oxygen atoms in total. The normalized spacial score (nSPS) is 18.0. The fraction of sp³-hybridized carbons (Fsp3) is 0.379. The largest absolute Gasteiger partial charge is 0.497 e. The van der Waals surface area contributed by atoms with Gasteiger partial charge in [-0.25, -0.2) is 4.98 Å². The fourth-order valence-electron chi connectivity index (χ4n) is 4.84. The highest BCUT2D eigenvalue weighted by Crippen LogP contribution is 2.49. The first-order valence-electron chi connectivity index (χ1n) is 12.3. The summed E-state index contributed by atoms with van der Waals surface area (Å²) in [6, 6.07) is 9.10. The Labute approximate surface area is 222 Å². The van der Waals surface area contributed by atoms with Gasteiger partial charge >= 0.3 is 0 Å². The van der Waals surface area contributed by atoms with Gasteiger partial charge < -0.3 is 25.2 Å². The molecule has 1 aliphatic carbocycles. The smallest absolute Gasteiger partial charge is 0.300 e. The van der Waals surface area contributed by atoms with E-state index in [2.05, 4.69) is 29.5 Å². The second-order valence-corrected chi connectivity index (χ2v) is 10.2. The number of hydrogen-bond donors (Lipinski definition) is 3. The van der Waals surface area contributed by atoms with Crippen LogP contribution in [-0.4, -0.2) is 42.0 Å². The number of hydrogen-bond acceptors (Lipinski definition) is 7. The van der Waals surface area contributed by atoms with Gasteiger partial charge in [0, 0.05) is 47.6 Å². The van der Waals surface area contributed by atoms with Gasteiger partial charge in [-0.2, -0.15) is 0 Å². The second kappa shape index (κ2) is 11.5. The standard InChI is InChI=1S/C27H31N3O4.C2H4O2/c1-15-7-10-22(28-14-15)30-26(32)23-16(2)29-19-12-27(3,4)13-20(31)25(19)24(23)18-11-17(33-5)8-9-21(18)34-6;1-2(3)4/h7-11,14,24,29H,12-13H2,1-6H3,(H,28,30,32);1H3,(H,3,4). The number of nitrogens with one attached hydrogen (secondary N) is 2. The number of benzene rings is 1. The van der Waals surface area contributed by atoms with Crippen LogP contribution in [0.2, 0.25) is 0 Å². The maximum atomic E-state index is 13.7. The maximum Gasteiger partial charge on any atom is 0.300 e. The average Bonchev–Trinajstić information content (AvgIpc) is 2.83. The molecule has 0 saturated heterocycles. The molecule has 2 aromatic rings. The van der Waals surface area contributed by atoms with Crippen LogP contribution in [0.25, 0.3) is 0 Å². The van der Waals surface area contributed by atoms with Crippen molar-refractivity contribution in [3.63, 3.8) is 0 Å². The molecule has 3 N–H and O–H groups in total. The van der Waals surface area contributed by atoms with E-state index in [4.69, 9.17) is 19.4 Å². The molecule has 202 valence electrons. The predicted molar refractivity (Wildman–Crippen MR) is 144 cm³/mol. The second-order valence-electron chi connectivity index (χ2n) is 10.2. The number of dihydropyridines is 1. The first kappa shape index (κ1) is 28.4. The van der Waals surface area contributed by atoms with E-state index in [9.17, 15) is 9.59 Å². The predicted octanol–water partition coefficient (Wildman–Crippen LogP) is 4.74. The Morgan fingerprint density at radius 1 is 1.11 bits per heavy atom. The van der Waals surface area contributed by atoms with E-state index in [0.29, 0.717) is 52.6 Å². The summed E-state index contributed by atoms with van der Waals surface area (Å²) >= 11 is 0. The molecular formula is C29H35N3O6. The van der Waals surface area contributed by atoms with Crippen molar-refractivity contribution < 1.29 is 29.0 Å². The number of carbonyl (C=O) groups is 3. The summed E-state index contributed by atoms with van der Waals surface area (Å²) < 4.78 is 11.1. The van der Waals surface area contributed by atoms with Crippen LogP contribution >= 0.6 is 0 Å². The molecule has 1 unspecified atom stereocenters. The highest BCUT2D eigenvalue weighted by atomic mass is 16.5. The van der Waals surface area contributed by atoms with Crippen molar-refractivity contribution >= 4 is 23.5 Å². The lowest BCUT2D eigenvalue weighted by Gasteiger charge is -2.40. The Kier molecular flexibility index (Phi) is 8.60. The number of ketones is 1. The molecule has 1 atom stereocenters. The number of nitrogens with zero attached hydrogens (tertiary/aromatic N) is 1. The number of methoxy groups -OCH3 is 2. The van der Waals surface area contributed by atoms with Crippen molar-refractivity contribution in [3.8, 4) is 11.5 Å². The molecule has 38 heavy (non-hydrogen) atoms. The molecule has 0 radical (unpaired) electrons. The van der Waals surface area contributed by atoms with E-state index in [1.807, 2.05) is 26.0 Å². The van der Waals surface area contributed by atoms with Gasteiger partial charge in [0.1, 0.15) is 17.3 Å². The molecule has 9 heteroatoms. The molecule has 4 rings (SSSR count). The Hall–Kier alpha value is -4.14. The Balaban J connectivity index is 0.000000934. The number of anilines is 1. The highest BCUT2D eigenvalue weighted by Gasteiger charge is 2.43. The number of carbonyl (C=O) groups excluding carboxylic acids is 2. The molecular weight excluding hydrogens is 486 g/mol. The van der Waals surface area contributed by atoms with Crippen molar-refractivity contribution in [2.75, 3.05) is 19.5 Å². The summed E-state index contributed by atoms with van der Waals surface area (Å²) in [5, 5.41) is 13.7. The van der Waals surface area contributed by atoms with Gasteiger partial charge in [0.2, 0.25) is 0 Å². The summed E-state index contributed by atoms with van der Waals surface area (Å²) in [5.41, 5.74) is 4.17. The molecule has 0 saturated carbocycles. The van der Waals surface area contributed by atoms with Gasteiger partial charge in [0.25, 0.3) is 11.9 Å². The van der Waals surface area contributed by atoms with Crippen LogP contribution in [-0.2, 0) is 14.4 Å². The minimum absolute atomic E-state index is 0.0277. The number of aromatic nitrogens is 1. The molecule has 1 aliphatic heterocycles. The van der Waals surface area contributed by atoms with Crippen molar-refractivity contribution in [3.05, 3.63) is 70.2 Å². The Morgan fingerprint density at radius 2 is 1.79 bits per heavy atom. The number of amides is 1. The third-order valence-electron chi connectivity index (χ3n) is 6.39. The van der Waals surface area contributed by atoms with E-state index < -0.39 is 11.9 Å². The van der Waals surface area contributed by atoms with Crippen LogP contribution in [0.1, 0.15) is 57.6 Å². The van der Waals surface area contributed by atoms with Crippen molar-refractivity contribution in [1.82, 2.24) is 10.3 Å². The molecule has 2 heterocycles. The van der Waals surface area contributed by atoms with Crippen molar-refractivity contribution in [2.45, 2.75) is 53.4 Å². The molecule has 0 fully saturated rings. The first-order chi connectivity index (χ1) is 17.9. The minimum Gasteiger partial charge on any atom is -0.497 e. The van der Waals surface area contributed by atoms with Gasteiger partial charge in [-0.3, -0.25) is 14.4 Å². The Bertz CT molecular complexity index is 1300. The van der Waals surface area contributed by atoms with Crippen LogP contribution in [0.3, 0.4) is 0 Å². The summed E-state index contributed by atoms with van der Waals surface area (Å²) in [7, 11) is 3.17. The van der Waals surface area contributed by atoms with E-state index >= 15 is 0 Å². The molecule has 1 amide bonds. The molecule has 1 aromatic carbocycles. The summed E-state index contributed by atoms with van der Waals surface area (Å²) in [6.07, 6.45) is 2.82. The van der Waals surface area contributed by atoms with Gasteiger partial charge in [0.15, 0.2) is 5.78 Å². The van der Waals surface area contributed by atoms with Gasteiger partial charge in [0.05, 0.1) is 20.1 Å². The Morgan fingerprint density at radius 3 is 2.37 bits per heavy atom. The zero-order valence-corrected chi connectivity index (χ0v) is 22.9. The van der Waals surface area contributed by atoms with Crippen LogP contribution in [0.5, 0.6) is 11.5 Å². The first-order valence-corrected chi connectivity index (χ1v) is 12.3. The van der Waals surface area contributed by atoms with Crippen LogP contribution in [0, 0.1) is 12.3 Å². The number of Topliss-reactive ketones (excluding diaryl/α,β-unsaturated/α-hetero) is 1. The maximum absolute atomic E-state index is 13.7. The lowest BCUT2D eigenvalue weighted by Crippen LogP contribution is -2.39. The monoisotopic (exact) mass is 521 g/mol. The van der Waals surface area contributed by atoms with Crippen molar-refractivity contribution in [2.24, 2.45) is 5.41 Å². The summed E-state index contributed by atoms with van der Waals surface area (Å²) in [4.78, 5) is 40.5. The van der Waals surface area contributed by atoms with E-state index in [1.165, 1.54) is 0 Å². The molecule has 0 bridgehead atoms. The van der Waals surface area contributed by atoms with E-state index in [1.54, 1.807) is 38.6 Å². The highest BCUT2D eigenvalue weighted by molar-refractivity contribution is 6.09. The lowest BCUT2D eigenvalue weighted by molar-refractivity contribution is -0.134. The van der Waals surface area contributed by atoms with E-state index in [0.717, 1.165) is 18.2 Å². The van der Waals surface area contributed by atoms with Crippen LogP contribution in [0.15, 0.2) is 59.1 Å². The number of rotatable bonds is 5. The SMILES string of the molecule is CC(=O)O.COc1ccc(OC)c(C2C(C(=O)Nc3ccc(C)cn3)=C(C)NC3=C2C(=O)CC(C)(C)C3)c1. The number of aliphatic carboxylic acids is 1. The third-order valence-corrected chi connectivity index (χ3v) is 6.39. The third kappa shape index (κ3) is 6.40. The summed E-state index contributed by atoms with van der Waals surface area (Å²) in [6.45, 7) is 9.06. The van der Waals surface area contributed by atoms with Crippen molar-refractivity contribution in [1.29, 1.82) is 0 Å². The summed E-state index contributed by atoms with van der Waals surface area (Å²) in [5.74, 6) is -0.0693. The quantitative estimate of drug-likeness (QED) is 0.515. The van der Waals surface area contributed by atoms with Crippen LogP contribution in [0.4, 0.5) is 5.82 Å². The molecule has 1 aromatic heterocycles. The average molecular weight is 522 g/mol. The number of ether oxygens (including phenoxy) is 2. The van der Waals surface area contributed by atoms with E-state index in [-0.39, 0.29) is 17.1 Å². The molecule has 2 aliphatic rings. The zero-order valence-electron chi connectivity index (χ0n) is 22.9. The van der Waals surface area contributed by atoms with Gasteiger partial charge in [-0.15, -0.1) is 0 Å². The number of carboxylic acids is 1. The number of pyridine rings is 1. The van der Waals surface area contributed by atoms with Gasteiger partial charge in [-0.1, -0.05) is 19.9 Å². The number of aryl methyl sites for hydroxylation is 1. The minimum atomic E-state index is -0.833.